The molecule has 1 aliphatic heterocycles. The van der Waals surface area contributed by atoms with Crippen LogP contribution in [0.3, 0.4) is 0 Å². The summed E-state index contributed by atoms with van der Waals surface area (Å²) in [6.45, 7) is 2.79. The molecule has 1 aromatic heterocycles. The van der Waals surface area contributed by atoms with E-state index in [9.17, 15) is 4.79 Å². The summed E-state index contributed by atoms with van der Waals surface area (Å²) in [7, 11) is 1.58. The first-order valence-electron chi connectivity index (χ1n) is 7.81. The van der Waals surface area contributed by atoms with Crippen molar-refractivity contribution < 1.29 is 9.53 Å². The van der Waals surface area contributed by atoms with E-state index in [4.69, 9.17) is 16.3 Å². The number of nitrogens with zero attached hydrogens (tertiary/aromatic N) is 4. The third-order valence-electron chi connectivity index (χ3n) is 4.14. The lowest BCUT2D eigenvalue weighted by Crippen LogP contribution is -2.49. The Kier molecular flexibility index (Phi) is 5.15. The molecule has 2 heterocycles. The van der Waals surface area contributed by atoms with E-state index in [1.54, 1.807) is 19.4 Å². The van der Waals surface area contributed by atoms with Crippen LogP contribution in [0.2, 0.25) is 5.02 Å². The Labute approximate surface area is 146 Å². The fourth-order valence-corrected chi connectivity index (χ4v) is 3.04. The maximum absolute atomic E-state index is 12.6. The largest absolute Gasteiger partial charge is 0.496 e. The first kappa shape index (κ1) is 16.5. The molecule has 3 rings (SSSR count). The summed E-state index contributed by atoms with van der Waals surface area (Å²) >= 11 is 6.22. The van der Waals surface area contributed by atoms with Crippen molar-refractivity contribution in [2.75, 3.05) is 38.2 Å². The molecular weight excluding hydrogens is 328 g/mol. The van der Waals surface area contributed by atoms with Crippen molar-refractivity contribution >= 4 is 23.3 Å². The van der Waals surface area contributed by atoms with Gasteiger partial charge in [0, 0.05) is 43.0 Å². The number of anilines is 1. The van der Waals surface area contributed by atoms with Crippen LogP contribution in [0.4, 0.5) is 5.82 Å². The molecule has 0 aliphatic carbocycles. The molecule has 24 heavy (non-hydrogen) atoms. The molecule has 7 heteroatoms. The highest BCUT2D eigenvalue weighted by atomic mass is 35.5. The number of rotatable bonds is 4. The predicted molar refractivity (Wildman–Crippen MR) is 92.5 cm³/mol. The molecule has 1 amide bonds. The van der Waals surface area contributed by atoms with Gasteiger partial charge in [0.2, 0.25) is 5.91 Å². The van der Waals surface area contributed by atoms with Crippen LogP contribution in [-0.4, -0.2) is 54.3 Å². The summed E-state index contributed by atoms with van der Waals surface area (Å²) in [5.41, 5.74) is 0.739. The second-order valence-electron chi connectivity index (χ2n) is 5.55. The van der Waals surface area contributed by atoms with E-state index >= 15 is 0 Å². The molecule has 2 aromatic rings. The van der Waals surface area contributed by atoms with Crippen LogP contribution in [0.1, 0.15) is 5.56 Å². The quantitative estimate of drug-likeness (QED) is 0.847. The zero-order valence-electron chi connectivity index (χ0n) is 13.5. The van der Waals surface area contributed by atoms with Gasteiger partial charge in [-0.3, -0.25) is 4.79 Å². The Bertz CT molecular complexity index is 703. The fourth-order valence-electron chi connectivity index (χ4n) is 2.81. The highest BCUT2D eigenvalue weighted by Gasteiger charge is 2.23. The molecule has 0 saturated carbocycles. The molecule has 1 aromatic carbocycles. The number of benzene rings is 1. The number of piperazine rings is 1. The zero-order valence-corrected chi connectivity index (χ0v) is 14.2. The Balaban J connectivity index is 1.62. The van der Waals surface area contributed by atoms with Crippen LogP contribution in [0, 0.1) is 0 Å². The van der Waals surface area contributed by atoms with Crippen molar-refractivity contribution in [2.45, 2.75) is 6.42 Å². The molecule has 0 spiro atoms. The number of halogens is 1. The summed E-state index contributed by atoms with van der Waals surface area (Å²) in [5, 5.41) is 8.57. The van der Waals surface area contributed by atoms with E-state index in [0.717, 1.165) is 24.5 Å². The van der Waals surface area contributed by atoms with Gasteiger partial charge < -0.3 is 14.5 Å². The van der Waals surface area contributed by atoms with Gasteiger partial charge in [0.1, 0.15) is 5.75 Å². The Morgan fingerprint density at radius 3 is 2.67 bits per heavy atom. The van der Waals surface area contributed by atoms with E-state index < -0.39 is 0 Å². The third-order valence-corrected chi connectivity index (χ3v) is 4.49. The van der Waals surface area contributed by atoms with E-state index in [-0.39, 0.29) is 12.3 Å². The number of hydrogen-bond donors (Lipinski definition) is 0. The lowest BCUT2D eigenvalue weighted by atomic mass is 10.1. The maximum atomic E-state index is 12.6. The number of aromatic nitrogens is 2. The number of amides is 1. The van der Waals surface area contributed by atoms with Crippen LogP contribution in [0.5, 0.6) is 5.75 Å². The van der Waals surface area contributed by atoms with Crippen molar-refractivity contribution in [3.05, 3.63) is 47.1 Å². The number of methoxy groups -OCH3 is 1. The van der Waals surface area contributed by atoms with Crippen LogP contribution in [0.25, 0.3) is 0 Å². The molecule has 126 valence electrons. The predicted octanol–water partition coefficient (Wildman–Crippen LogP) is 2.03. The average Bonchev–Trinajstić information content (AvgIpc) is 2.64. The lowest BCUT2D eigenvalue weighted by Gasteiger charge is -2.35. The van der Waals surface area contributed by atoms with E-state index in [1.807, 2.05) is 29.2 Å². The van der Waals surface area contributed by atoms with Crippen molar-refractivity contribution in [1.29, 1.82) is 0 Å². The van der Waals surface area contributed by atoms with Crippen LogP contribution < -0.4 is 9.64 Å². The van der Waals surface area contributed by atoms with Crippen molar-refractivity contribution in [3.8, 4) is 5.75 Å². The molecule has 1 saturated heterocycles. The van der Waals surface area contributed by atoms with Crippen molar-refractivity contribution in [1.82, 2.24) is 15.1 Å². The minimum atomic E-state index is 0.0557. The first-order chi connectivity index (χ1) is 11.7. The van der Waals surface area contributed by atoms with Crippen molar-refractivity contribution in [2.24, 2.45) is 0 Å². The Hall–Kier alpha value is -2.34. The third kappa shape index (κ3) is 3.59. The van der Waals surface area contributed by atoms with Gasteiger partial charge in [-0.15, -0.1) is 5.10 Å². The first-order valence-corrected chi connectivity index (χ1v) is 8.18. The number of carbonyl (C=O) groups is 1. The normalized spacial score (nSPS) is 14.6. The molecule has 0 unspecified atom stereocenters. The standard InChI is InChI=1S/C17H19ClN4O2/c1-24-15-5-2-4-14(18)13(15)12-17(23)22-10-8-21(9-11-22)16-6-3-7-19-20-16/h2-7H,8-12H2,1H3. The topological polar surface area (TPSA) is 58.6 Å². The smallest absolute Gasteiger partial charge is 0.227 e. The molecule has 0 atom stereocenters. The maximum Gasteiger partial charge on any atom is 0.227 e. The zero-order chi connectivity index (χ0) is 16.9. The van der Waals surface area contributed by atoms with Gasteiger partial charge in [0.25, 0.3) is 0 Å². The van der Waals surface area contributed by atoms with Gasteiger partial charge >= 0.3 is 0 Å². The SMILES string of the molecule is COc1cccc(Cl)c1CC(=O)N1CCN(c2cccnn2)CC1. The molecule has 0 N–H and O–H groups in total. The highest BCUT2D eigenvalue weighted by Crippen LogP contribution is 2.27. The summed E-state index contributed by atoms with van der Waals surface area (Å²) < 4.78 is 5.31. The molecular formula is C17H19ClN4O2. The minimum absolute atomic E-state index is 0.0557. The number of carbonyl (C=O) groups excluding carboxylic acids is 1. The minimum Gasteiger partial charge on any atom is -0.496 e. The highest BCUT2D eigenvalue weighted by molar-refractivity contribution is 6.31. The lowest BCUT2D eigenvalue weighted by molar-refractivity contribution is -0.130. The molecule has 0 radical (unpaired) electrons. The van der Waals surface area contributed by atoms with Gasteiger partial charge in [-0.25, -0.2) is 0 Å². The number of ether oxygens (including phenoxy) is 1. The molecule has 6 nitrogen and oxygen atoms in total. The van der Waals surface area contributed by atoms with E-state index in [2.05, 4.69) is 15.1 Å². The Morgan fingerprint density at radius 2 is 2.00 bits per heavy atom. The average molecular weight is 347 g/mol. The molecule has 1 aliphatic rings. The second kappa shape index (κ2) is 7.49. The Morgan fingerprint density at radius 1 is 1.21 bits per heavy atom. The van der Waals surface area contributed by atoms with E-state index in [0.29, 0.717) is 23.9 Å². The fraction of sp³-hybridized carbons (Fsp3) is 0.353. The van der Waals surface area contributed by atoms with Gasteiger partial charge in [-0.2, -0.15) is 5.10 Å². The second-order valence-corrected chi connectivity index (χ2v) is 5.95. The van der Waals surface area contributed by atoms with Gasteiger partial charge in [0.15, 0.2) is 5.82 Å². The van der Waals surface area contributed by atoms with Crippen LogP contribution >= 0.6 is 11.6 Å². The molecule has 1 fully saturated rings. The van der Waals surface area contributed by atoms with Crippen LogP contribution in [0.15, 0.2) is 36.5 Å². The summed E-state index contributed by atoms with van der Waals surface area (Å²) in [6.07, 6.45) is 1.90. The van der Waals surface area contributed by atoms with Gasteiger partial charge in [-0.05, 0) is 24.3 Å². The van der Waals surface area contributed by atoms with Gasteiger partial charge in [-0.1, -0.05) is 17.7 Å². The van der Waals surface area contributed by atoms with Crippen LogP contribution in [-0.2, 0) is 11.2 Å². The monoisotopic (exact) mass is 346 g/mol. The molecule has 0 bridgehead atoms. The van der Waals surface area contributed by atoms with Crippen molar-refractivity contribution in [3.63, 3.8) is 0 Å². The summed E-state index contributed by atoms with van der Waals surface area (Å²) in [6, 6.07) is 9.21. The van der Waals surface area contributed by atoms with Gasteiger partial charge in [0.05, 0.1) is 13.5 Å². The number of hydrogen-bond acceptors (Lipinski definition) is 5. The summed E-state index contributed by atoms with van der Waals surface area (Å²) in [4.78, 5) is 16.6. The van der Waals surface area contributed by atoms with E-state index in [1.165, 1.54) is 0 Å². The summed E-state index contributed by atoms with van der Waals surface area (Å²) in [5.74, 6) is 1.55.